The molecule has 2 saturated heterocycles. The van der Waals surface area contributed by atoms with E-state index in [1.54, 1.807) is 28.6 Å². The molecule has 2 heterocycles. The molecule has 1 amide bonds. The summed E-state index contributed by atoms with van der Waals surface area (Å²) < 4.78 is 27.4. The van der Waals surface area contributed by atoms with Gasteiger partial charge < -0.3 is 5.32 Å². The van der Waals surface area contributed by atoms with Crippen LogP contribution in [0.25, 0.3) is 0 Å². The zero-order valence-electron chi connectivity index (χ0n) is 13.4. The Labute approximate surface area is 137 Å². The van der Waals surface area contributed by atoms with E-state index in [4.69, 9.17) is 0 Å². The second-order valence-corrected chi connectivity index (χ2v) is 8.34. The Morgan fingerprint density at radius 2 is 1.87 bits per heavy atom. The molecule has 3 rings (SSSR count). The number of likely N-dealkylation sites (N-methyl/N-ethyl adjacent to an activating group) is 1. The Balaban J connectivity index is 1.87. The molecule has 0 bridgehead atoms. The highest BCUT2D eigenvalue weighted by Gasteiger charge is 2.44. The topological polar surface area (TPSA) is 69.7 Å². The van der Waals surface area contributed by atoms with Crippen LogP contribution in [0.3, 0.4) is 0 Å². The zero-order chi connectivity index (χ0) is 16.5. The number of sulfonamides is 1. The Hall–Kier alpha value is -1.44. The van der Waals surface area contributed by atoms with E-state index in [1.807, 2.05) is 13.1 Å². The highest BCUT2D eigenvalue weighted by atomic mass is 32.2. The average Bonchev–Trinajstić information content (AvgIpc) is 2.74. The van der Waals surface area contributed by atoms with Gasteiger partial charge in [0.15, 0.2) is 0 Å². The van der Waals surface area contributed by atoms with Crippen LogP contribution in [0.15, 0.2) is 35.2 Å². The number of hydrogen-bond acceptors (Lipinski definition) is 4. The van der Waals surface area contributed by atoms with Gasteiger partial charge in [-0.15, -0.1) is 0 Å². The Morgan fingerprint density at radius 3 is 2.61 bits per heavy atom. The summed E-state index contributed by atoms with van der Waals surface area (Å²) in [5.74, 6) is 0.0540. The monoisotopic (exact) mass is 337 g/mol. The molecule has 0 saturated carbocycles. The summed E-state index contributed by atoms with van der Waals surface area (Å²) in [5.41, 5.74) is -0.265. The molecule has 2 aliphatic heterocycles. The lowest BCUT2D eigenvalue weighted by Crippen LogP contribution is -2.62. The molecule has 2 fully saturated rings. The van der Waals surface area contributed by atoms with Gasteiger partial charge in [0.1, 0.15) is 0 Å². The molecule has 1 spiro atoms. The van der Waals surface area contributed by atoms with E-state index in [9.17, 15) is 13.2 Å². The summed E-state index contributed by atoms with van der Waals surface area (Å²) in [5, 5.41) is 2.89. The van der Waals surface area contributed by atoms with E-state index in [0.29, 0.717) is 43.9 Å². The van der Waals surface area contributed by atoms with Gasteiger partial charge in [-0.05, 0) is 32.0 Å². The quantitative estimate of drug-likeness (QED) is 0.861. The van der Waals surface area contributed by atoms with Crippen molar-refractivity contribution in [2.45, 2.75) is 29.7 Å². The van der Waals surface area contributed by atoms with Crippen molar-refractivity contribution in [3.05, 3.63) is 30.3 Å². The van der Waals surface area contributed by atoms with E-state index in [1.165, 1.54) is 0 Å². The molecule has 1 N–H and O–H groups in total. The zero-order valence-corrected chi connectivity index (χ0v) is 14.2. The van der Waals surface area contributed by atoms with Gasteiger partial charge in [0, 0.05) is 38.1 Å². The van der Waals surface area contributed by atoms with Crippen molar-refractivity contribution in [3.63, 3.8) is 0 Å². The smallest absolute Gasteiger partial charge is 0.243 e. The van der Waals surface area contributed by atoms with E-state index < -0.39 is 10.0 Å². The van der Waals surface area contributed by atoms with Crippen molar-refractivity contribution in [2.24, 2.45) is 0 Å². The normalized spacial score (nSPS) is 27.6. The molecule has 7 heteroatoms. The van der Waals surface area contributed by atoms with Crippen molar-refractivity contribution < 1.29 is 13.2 Å². The third kappa shape index (κ3) is 3.13. The largest absolute Gasteiger partial charge is 0.356 e. The minimum atomic E-state index is -3.48. The van der Waals surface area contributed by atoms with Crippen LogP contribution in [0.5, 0.6) is 0 Å². The van der Waals surface area contributed by atoms with Crippen LogP contribution in [-0.2, 0) is 14.8 Å². The first-order chi connectivity index (χ1) is 10.9. The fraction of sp³-hybridized carbons (Fsp3) is 0.562. The van der Waals surface area contributed by atoms with Crippen molar-refractivity contribution in [2.75, 3.05) is 33.2 Å². The summed E-state index contributed by atoms with van der Waals surface area (Å²) in [7, 11) is -1.45. The van der Waals surface area contributed by atoms with Crippen molar-refractivity contribution in [1.82, 2.24) is 14.5 Å². The Kier molecular flexibility index (Phi) is 4.44. The first kappa shape index (κ1) is 16.4. The molecule has 1 aromatic carbocycles. The average molecular weight is 337 g/mol. The fourth-order valence-corrected chi connectivity index (χ4v) is 5.04. The van der Waals surface area contributed by atoms with Crippen LogP contribution in [0.2, 0.25) is 0 Å². The van der Waals surface area contributed by atoms with Crippen LogP contribution >= 0.6 is 0 Å². The number of piperazine rings is 1. The summed E-state index contributed by atoms with van der Waals surface area (Å²) in [6.07, 6.45) is 1.91. The van der Waals surface area contributed by atoms with Crippen molar-refractivity contribution in [3.8, 4) is 0 Å². The number of amides is 1. The number of carbonyl (C=O) groups excluding carboxylic acids is 1. The van der Waals surface area contributed by atoms with E-state index in [2.05, 4.69) is 10.2 Å². The van der Waals surface area contributed by atoms with Crippen molar-refractivity contribution in [1.29, 1.82) is 0 Å². The standard InChI is InChI=1S/C16H23N3O3S/c1-18-11-12-19(23(21,22)14-5-3-2-4-6-14)13-16(18)8-7-15(20)17-10-9-16/h2-6H,7-13H2,1H3,(H,17,20). The maximum absolute atomic E-state index is 12.9. The summed E-state index contributed by atoms with van der Waals surface area (Å²) in [6.45, 7) is 2.20. The summed E-state index contributed by atoms with van der Waals surface area (Å²) in [6, 6.07) is 8.57. The fourth-order valence-electron chi connectivity index (χ4n) is 3.51. The first-order valence-corrected chi connectivity index (χ1v) is 9.41. The molecule has 23 heavy (non-hydrogen) atoms. The highest BCUT2D eigenvalue weighted by molar-refractivity contribution is 7.89. The minimum absolute atomic E-state index is 0.0540. The molecule has 2 aliphatic rings. The Morgan fingerprint density at radius 1 is 1.13 bits per heavy atom. The molecule has 0 aliphatic carbocycles. The number of nitrogens with one attached hydrogen (secondary N) is 1. The van der Waals surface area contributed by atoms with Gasteiger partial charge in [0.2, 0.25) is 15.9 Å². The lowest BCUT2D eigenvalue weighted by molar-refractivity contribution is -0.121. The van der Waals surface area contributed by atoms with Crippen LogP contribution in [0, 0.1) is 0 Å². The maximum Gasteiger partial charge on any atom is 0.243 e. The first-order valence-electron chi connectivity index (χ1n) is 7.97. The molecule has 126 valence electrons. The SMILES string of the molecule is CN1CCN(S(=O)(=O)c2ccccc2)CC12CCNC(=O)CC2. The van der Waals surface area contributed by atoms with Gasteiger partial charge >= 0.3 is 0 Å². The van der Waals surface area contributed by atoms with Gasteiger partial charge in [-0.3, -0.25) is 9.69 Å². The Bertz CT molecular complexity index is 677. The van der Waals surface area contributed by atoms with Gasteiger partial charge in [0.25, 0.3) is 0 Å². The number of nitrogens with zero attached hydrogens (tertiary/aromatic N) is 2. The lowest BCUT2D eigenvalue weighted by atomic mass is 9.87. The van der Waals surface area contributed by atoms with Gasteiger partial charge in [-0.1, -0.05) is 18.2 Å². The molecule has 6 nitrogen and oxygen atoms in total. The molecule has 1 aromatic rings. The van der Waals surface area contributed by atoms with Gasteiger partial charge in [-0.2, -0.15) is 4.31 Å². The van der Waals surface area contributed by atoms with Crippen LogP contribution < -0.4 is 5.32 Å². The molecular formula is C16H23N3O3S. The second kappa shape index (κ2) is 6.22. The number of hydrogen-bond donors (Lipinski definition) is 1. The maximum atomic E-state index is 12.9. The minimum Gasteiger partial charge on any atom is -0.356 e. The second-order valence-electron chi connectivity index (χ2n) is 6.40. The lowest BCUT2D eigenvalue weighted by Gasteiger charge is -2.48. The third-order valence-electron chi connectivity index (χ3n) is 5.08. The van der Waals surface area contributed by atoms with Crippen LogP contribution in [0.4, 0.5) is 0 Å². The van der Waals surface area contributed by atoms with E-state index in [0.717, 1.165) is 6.42 Å². The number of benzene rings is 1. The molecule has 0 radical (unpaired) electrons. The predicted molar refractivity (Wildman–Crippen MR) is 87.4 cm³/mol. The van der Waals surface area contributed by atoms with E-state index >= 15 is 0 Å². The molecular weight excluding hydrogens is 314 g/mol. The predicted octanol–water partition coefficient (Wildman–Crippen LogP) is 0.662. The van der Waals surface area contributed by atoms with Gasteiger partial charge in [-0.25, -0.2) is 8.42 Å². The van der Waals surface area contributed by atoms with Crippen LogP contribution in [0.1, 0.15) is 19.3 Å². The summed E-state index contributed by atoms with van der Waals surface area (Å²) in [4.78, 5) is 14.2. The molecule has 1 atom stereocenters. The summed E-state index contributed by atoms with van der Waals surface area (Å²) >= 11 is 0. The van der Waals surface area contributed by atoms with Crippen LogP contribution in [-0.4, -0.2) is 62.3 Å². The van der Waals surface area contributed by atoms with Crippen molar-refractivity contribution >= 4 is 15.9 Å². The number of carbonyl (C=O) groups is 1. The van der Waals surface area contributed by atoms with E-state index in [-0.39, 0.29) is 11.4 Å². The molecule has 0 aromatic heterocycles. The highest BCUT2D eigenvalue weighted by Crippen LogP contribution is 2.32. The third-order valence-corrected chi connectivity index (χ3v) is 6.94. The number of rotatable bonds is 2. The van der Waals surface area contributed by atoms with Gasteiger partial charge in [0.05, 0.1) is 4.90 Å². The molecule has 1 unspecified atom stereocenters.